The quantitative estimate of drug-likeness (QED) is 0.107. The average molecular weight is 676 g/mol. The summed E-state index contributed by atoms with van der Waals surface area (Å²) < 4.78 is 33.7. The molecule has 1 unspecified atom stereocenters. The summed E-state index contributed by atoms with van der Waals surface area (Å²) in [5.74, 6) is 0.127. The third-order valence-electron chi connectivity index (χ3n) is 7.33. The molecule has 0 aliphatic rings. The van der Waals surface area contributed by atoms with E-state index < -0.39 is 22.0 Å². The number of aryl methyl sites for hydroxylation is 3. The number of phenolic OH excluding ortho intramolecular Hbond substituents is 1. The van der Waals surface area contributed by atoms with Crippen LogP contribution in [0.3, 0.4) is 0 Å². The van der Waals surface area contributed by atoms with Crippen molar-refractivity contribution in [1.29, 1.82) is 0 Å². The zero-order chi connectivity index (χ0) is 33.7. The monoisotopic (exact) mass is 675 g/mol. The second-order valence-electron chi connectivity index (χ2n) is 11.1. The minimum atomic E-state index is -3.43. The van der Waals surface area contributed by atoms with Crippen molar-refractivity contribution in [2.75, 3.05) is 21.6 Å². The lowest BCUT2D eigenvalue weighted by molar-refractivity contribution is -0.122. The number of nitrogens with zero attached hydrogens (tertiary/aromatic N) is 4. The number of aromatic hydroxyl groups is 1. The van der Waals surface area contributed by atoms with Gasteiger partial charge in [-0.1, -0.05) is 48.9 Å². The number of fused-ring (bicyclic) bond motifs is 1. The molecule has 0 saturated carbocycles. The zero-order valence-electron chi connectivity index (χ0n) is 26.7. The molecule has 1 atom stereocenters. The number of aromatic nitrogens is 4. The first kappa shape index (κ1) is 33.5. The molecular weight excluding hydrogens is 639 g/mol. The van der Waals surface area contributed by atoms with Crippen LogP contribution in [-0.2, 0) is 27.9 Å². The van der Waals surface area contributed by atoms with Crippen molar-refractivity contribution in [1.82, 2.24) is 20.2 Å². The predicted molar refractivity (Wildman–Crippen MR) is 185 cm³/mol. The Kier molecular flexibility index (Phi) is 10.2. The molecule has 0 spiro atoms. The Morgan fingerprint density at radius 2 is 1.83 bits per heavy atom. The highest BCUT2D eigenvalue weighted by Crippen LogP contribution is 2.44. The molecule has 4 N–H and O–H groups in total. The maximum Gasteiger partial charge on any atom is 0.265 e. The van der Waals surface area contributed by atoms with E-state index in [0.717, 1.165) is 22.9 Å². The molecule has 0 bridgehead atoms. The fourth-order valence-electron chi connectivity index (χ4n) is 5.10. The number of rotatable bonds is 13. The summed E-state index contributed by atoms with van der Waals surface area (Å²) in [6, 6.07) is 20.0. The van der Waals surface area contributed by atoms with Gasteiger partial charge >= 0.3 is 0 Å². The molecule has 4 aromatic carbocycles. The molecule has 0 saturated heterocycles. The number of ether oxygens (including phenoxy) is 1. The Morgan fingerprint density at radius 3 is 2.55 bits per heavy atom. The third-order valence-corrected chi connectivity index (χ3v) is 8.95. The molecule has 12 nitrogen and oxygen atoms in total. The van der Waals surface area contributed by atoms with E-state index in [1.165, 1.54) is 11.8 Å². The number of anilines is 3. The lowest BCUT2D eigenvalue weighted by atomic mass is 10.1. The fourth-order valence-corrected chi connectivity index (χ4v) is 6.70. The number of sulfonamides is 1. The minimum Gasteiger partial charge on any atom is -0.505 e. The summed E-state index contributed by atoms with van der Waals surface area (Å²) in [7, 11) is -3.43. The van der Waals surface area contributed by atoms with Crippen molar-refractivity contribution in [2.45, 2.75) is 63.4 Å². The van der Waals surface area contributed by atoms with Crippen LogP contribution in [-0.4, -0.2) is 52.0 Å². The minimum absolute atomic E-state index is 0.0999. The molecule has 0 aliphatic carbocycles. The second kappa shape index (κ2) is 14.3. The Morgan fingerprint density at radius 1 is 1.04 bits per heavy atom. The first-order chi connectivity index (χ1) is 22.5. The van der Waals surface area contributed by atoms with E-state index in [-0.39, 0.29) is 11.4 Å². The smallest absolute Gasteiger partial charge is 0.265 e. The number of benzene rings is 4. The predicted octanol–water partition coefficient (Wildman–Crippen LogP) is 6.10. The lowest BCUT2D eigenvalue weighted by Gasteiger charge is -2.21. The molecule has 47 heavy (non-hydrogen) atoms. The highest BCUT2D eigenvalue weighted by atomic mass is 32.2. The van der Waals surface area contributed by atoms with Gasteiger partial charge in [-0.15, -0.1) is 5.10 Å². The summed E-state index contributed by atoms with van der Waals surface area (Å²) in [5.41, 5.74) is 4.24. The van der Waals surface area contributed by atoms with Gasteiger partial charge in [-0.25, -0.2) is 13.1 Å². The molecule has 1 heterocycles. The number of tetrazole rings is 1. The van der Waals surface area contributed by atoms with Gasteiger partial charge in [0, 0.05) is 40.1 Å². The maximum absolute atomic E-state index is 13.5. The number of amides is 1. The molecule has 5 aromatic rings. The molecule has 246 valence electrons. The van der Waals surface area contributed by atoms with E-state index in [0.29, 0.717) is 57.5 Å². The summed E-state index contributed by atoms with van der Waals surface area (Å²) in [6.45, 7) is 8.64. The van der Waals surface area contributed by atoms with Gasteiger partial charge in [-0.05, 0) is 90.8 Å². The van der Waals surface area contributed by atoms with E-state index >= 15 is 0 Å². The standard InChI is InChI=1S/C33H37N7O5S2/c1-6-27(45-28-15-14-20(3)16-21(28)4)32(42)35-26-18-29(46-33-36-38-39-40(33)7-2)30-24(31(26)41)12-9-13-25(30)34-19-22-10-8-11-23(17-22)37-47(5,43)44/h8-18,27,34,37,41H,6-7,19H2,1-5H3,(H,35,42). The highest BCUT2D eigenvalue weighted by molar-refractivity contribution is 7.99. The molecule has 14 heteroatoms. The summed E-state index contributed by atoms with van der Waals surface area (Å²) in [4.78, 5) is 14.2. The van der Waals surface area contributed by atoms with Crippen molar-refractivity contribution in [2.24, 2.45) is 0 Å². The van der Waals surface area contributed by atoms with Gasteiger partial charge in [0.15, 0.2) is 6.10 Å². The SMILES string of the molecule is CCC(Oc1ccc(C)cc1C)C(=O)Nc1cc(Sc2nnnn2CC)c2c(NCc3cccc(NS(C)(=O)=O)c3)cccc2c1O. The van der Waals surface area contributed by atoms with Crippen LogP contribution in [0.4, 0.5) is 17.1 Å². The van der Waals surface area contributed by atoms with E-state index in [9.17, 15) is 18.3 Å². The average Bonchev–Trinajstić information content (AvgIpc) is 3.48. The van der Waals surface area contributed by atoms with E-state index in [1.54, 1.807) is 41.1 Å². The fraction of sp³-hybridized carbons (Fsp3) is 0.273. The van der Waals surface area contributed by atoms with E-state index in [1.807, 2.05) is 58.0 Å². The summed E-state index contributed by atoms with van der Waals surface area (Å²) in [6.07, 6.45) is 0.719. The van der Waals surface area contributed by atoms with E-state index in [2.05, 4.69) is 30.9 Å². The molecular formula is C33H37N7O5S2. The van der Waals surface area contributed by atoms with Crippen LogP contribution in [0, 0.1) is 13.8 Å². The van der Waals surface area contributed by atoms with Gasteiger partial charge in [0.25, 0.3) is 5.91 Å². The van der Waals surface area contributed by atoms with Gasteiger partial charge in [-0.2, -0.15) is 0 Å². The summed E-state index contributed by atoms with van der Waals surface area (Å²) >= 11 is 1.31. The number of phenols is 1. The Labute approximate surface area is 278 Å². The van der Waals surface area contributed by atoms with Crippen molar-refractivity contribution in [3.8, 4) is 11.5 Å². The topological polar surface area (TPSA) is 160 Å². The maximum atomic E-state index is 13.5. The number of hydrogen-bond donors (Lipinski definition) is 4. The number of nitrogens with one attached hydrogen (secondary N) is 3. The van der Waals surface area contributed by atoms with Crippen molar-refractivity contribution >= 4 is 55.5 Å². The van der Waals surface area contributed by atoms with Crippen molar-refractivity contribution in [3.05, 3.63) is 83.4 Å². The Hall–Kier alpha value is -4.82. The van der Waals surface area contributed by atoms with Crippen LogP contribution >= 0.6 is 11.8 Å². The van der Waals surface area contributed by atoms with Crippen LogP contribution in [0.5, 0.6) is 11.5 Å². The number of hydrogen-bond acceptors (Lipinski definition) is 10. The molecule has 0 radical (unpaired) electrons. The van der Waals surface area contributed by atoms with Gasteiger partial charge in [-0.3, -0.25) is 9.52 Å². The van der Waals surface area contributed by atoms with Gasteiger partial charge < -0.3 is 20.5 Å². The molecule has 0 aliphatic heterocycles. The first-order valence-electron chi connectivity index (χ1n) is 15.0. The van der Waals surface area contributed by atoms with Crippen LogP contribution in [0.15, 0.2) is 76.8 Å². The second-order valence-corrected chi connectivity index (χ2v) is 13.8. The van der Waals surface area contributed by atoms with Crippen molar-refractivity contribution in [3.63, 3.8) is 0 Å². The van der Waals surface area contributed by atoms with Crippen LogP contribution in [0.25, 0.3) is 10.8 Å². The normalized spacial score (nSPS) is 12.1. The number of carbonyl (C=O) groups is 1. The lowest BCUT2D eigenvalue weighted by Crippen LogP contribution is -2.32. The zero-order valence-corrected chi connectivity index (χ0v) is 28.4. The third kappa shape index (κ3) is 8.13. The highest BCUT2D eigenvalue weighted by Gasteiger charge is 2.24. The Balaban J connectivity index is 1.50. The molecule has 5 rings (SSSR count). The molecule has 0 fully saturated rings. The van der Waals surface area contributed by atoms with E-state index in [4.69, 9.17) is 4.74 Å². The molecule has 1 amide bonds. The number of carbonyl (C=O) groups excluding carboxylic acids is 1. The molecule has 1 aromatic heterocycles. The van der Waals surface area contributed by atoms with Crippen LogP contribution in [0.2, 0.25) is 0 Å². The first-order valence-corrected chi connectivity index (χ1v) is 17.7. The van der Waals surface area contributed by atoms with Gasteiger partial charge in [0.2, 0.25) is 15.2 Å². The Bertz CT molecular complexity index is 2030. The van der Waals surface area contributed by atoms with Crippen LogP contribution in [0.1, 0.15) is 37.0 Å². The van der Waals surface area contributed by atoms with Gasteiger partial charge in [0.05, 0.1) is 11.9 Å². The van der Waals surface area contributed by atoms with Crippen molar-refractivity contribution < 1.29 is 23.1 Å². The summed E-state index contributed by atoms with van der Waals surface area (Å²) in [5, 5.41) is 31.6. The van der Waals surface area contributed by atoms with Gasteiger partial charge in [0.1, 0.15) is 11.5 Å². The largest absolute Gasteiger partial charge is 0.505 e. The van der Waals surface area contributed by atoms with Crippen LogP contribution < -0.4 is 20.1 Å².